The van der Waals surface area contributed by atoms with Gasteiger partial charge in [-0.3, -0.25) is 0 Å². The summed E-state index contributed by atoms with van der Waals surface area (Å²) >= 11 is 0. The van der Waals surface area contributed by atoms with Crippen LogP contribution in [-0.2, 0) is 0 Å². The standard InChI is InChI=1S/C9H18.C8H17N.C7H14.3CH4/c1-4-8-5-9(6-8)7(2)3;1-4-9-5-8(6-9)7(2)3;1-3-7(4-2)5-6-7;;;/h7-9H,4-6H2,1-3H3;7-8H,4-6H2,1-3H3;3-6H2,1-2H3;3*1H4. The monoisotopic (exact) mass is 399 g/mol. The van der Waals surface area contributed by atoms with E-state index in [1.54, 1.807) is 0 Å². The molecule has 2 saturated carbocycles. The van der Waals surface area contributed by atoms with Crippen molar-refractivity contribution in [3.8, 4) is 0 Å². The summed E-state index contributed by atoms with van der Waals surface area (Å²) in [5.74, 6) is 4.97. The number of likely N-dealkylation sites (tertiary alicyclic amines) is 1. The van der Waals surface area contributed by atoms with Gasteiger partial charge >= 0.3 is 0 Å². The van der Waals surface area contributed by atoms with Crippen LogP contribution >= 0.6 is 0 Å². The molecule has 0 unspecified atom stereocenters. The fourth-order valence-corrected chi connectivity index (χ4v) is 4.09. The molecular weight excluding hydrogens is 338 g/mol. The first kappa shape index (κ1) is 32.6. The van der Waals surface area contributed by atoms with E-state index in [2.05, 4.69) is 60.3 Å². The second-order valence-electron chi connectivity index (χ2n) is 9.81. The van der Waals surface area contributed by atoms with E-state index in [1.807, 2.05) is 0 Å². The Kier molecular flexibility index (Phi) is 18.4. The molecule has 28 heavy (non-hydrogen) atoms. The van der Waals surface area contributed by atoms with Gasteiger partial charge in [0.15, 0.2) is 0 Å². The van der Waals surface area contributed by atoms with Crippen molar-refractivity contribution in [2.75, 3.05) is 19.6 Å². The van der Waals surface area contributed by atoms with E-state index >= 15 is 0 Å². The lowest BCUT2D eigenvalue weighted by Gasteiger charge is -2.40. The second-order valence-corrected chi connectivity index (χ2v) is 9.81. The third-order valence-electron chi connectivity index (χ3n) is 7.62. The summed E-state index contributed by atoms with van der Waals surface area (Å²) < 4.78 is 0. The maximum atomic E-state index is 2.49. The highest BCUT2D eigenvalue weighted by Gasteiger charge is 2.38. The summed E-state index contributed by atoms with van der Waals surface area (Å²) in [6.45, 7) is 22.4. The molecule has 174 valence electrons. The van der Waals surface area contributed by atoms with Crippen LogP contribution in [0.25, 0.3) is 0 Å². The SMILES string of the molecule is C.C.C.CCC1(CC)CC1.CCC1CC(C(C)C)C1.CCN1CC(C(C)C)C1. The van der Waals surface area contributed by atoms with E-state index in [1.165, 1.54) is 64.6 Å². The van der Waals surface area contributed by atoms with Gasteiger partial charge in [0.1, 0.15) is 0 Å². The van der Waals surface area contributed by atoms with Gasteiger partial charge in [0.2, 0.25) is 0 Å². The molecule has 0 atom stereocenters. The van der Waals surface area contributed by atoms with E-state index in [0.29, 0.717) is 0 Å². The fraction of sp³-hybridized carbons (Fsp3) is 1.00. The molecule has 3 aliphatic rings. The van der Waals surface area contributed by atoms with Crippen LogP contribution in [-0.4, -0.2) is 24.5 Å². The predicted octanol–water partition coefficient (Wildman–Crippen LogP) is 9.17. The van der Waals surface area contributed by atoms with Crippen molar-refractivity contribution in [1.82, 2.24) is 4.90 Å². The van der Waals surface area contributed by atoms with Crippen LogP contribution in [0.4, 0.5) is 0 Å². The summed E-state index contributed by atoms with van der Waals surface area (Å²) in [4.78, 5) is 2.49. The van der Waals surface area contributed by atoms with Crippen LogP contribution in [0.3, 0.4) is 0 Å². The van der Waals surface area contributed by atoms with Crippen molar-refractivity contribution in [1.29, 1.82) is 0 Å². The minimum Gasteiger partial charge on any atom is -0.303 e. The predicted molar refractivity (Wildman–Crippen MR) is 134 cm³/mol. The smallest absolute Gasteiger partial charge is 0.00243 e. The maximum absolute atomic E-state index is 2.49. The molecule has 0 bridgehead atoms. The Morgan fingerprint density at radius 3 is 1.39 bits per heavy atom. The molecule has 3 fully saturated rings. The molecule has 0 aromatic rings. The Morgan fingerprint density at radius 2 is 1.18 bits per heavy atom. The lowest BCUT2D eigenvalue weighted by molar-refractivity contribution is 0.0745. The Balaban J connectivity index is -0.000000320. The zero-order valence-electron chi connectivity index (χ0n) is 18.9. The van der Waals surface area contributed by atoms with Gasteiger partial charge in [0.25, 0.3) is 0 Å². The molecule has 1 nitrogen and oxygen atoms in total. The first-order valence-corrected chi connectivity index (χ1v) is 11.5. The summed E-state index contributed by atoms with van der Waals surface area (Å²) in [5.41, 5.74) is 0.833. The summed E-state index contributed by atoms with van der Waals surface area (Å²) in [6.07, 6.45) is 10.2. The molecule has 0 radical (unpaired) electrons. The van der Waals surface area contributed by atoms with Crippen molar-refractivity contribution >= 4 is 0 Å². The van der Waals surface area contributed by atoms with Crippen LogP contribution in [0.15, 0.2) is 0 Å². The Labute approximate surface area is 182 Å². The molecule has 1 saturated heterocycles. The normalized spacial score (nSPS) is 24.6. The van der Waals surface area contributed by atoms with Crippen molar-refractivity contribution in [3.05, 3.63) is 0 Å². The molecule has 0 amide bonds. The fourth-order valence-electron chi connectivity index (χ4n) is 4.09. The van der Waals surface area contributed by atoms with Crippen molar-refractivity contribution in [2.24, 2.45) is 35.0 Å². The Morgan fingerprint density at radius 1 is 0.750 bits per heavy atom. The second kappa shape index (κ2) is 15.8. The molecule has 0 spiro atoms. The zero-order chi connectivity index (χ0) is 19.0. The van der Waals surface area contributed by atoms with Gasteiger partial charge in [-0.2, -0.15) is 0 Å². The van der Waals surface area contributed by atoms with E-state index in [4.69, 9.17) is 0 Å². The first-order valence-electron chi connectivity index (χ1n) is 11.5. The molecule has 2 aliphatic carbocycles. The highest BCUT2D eigenvalue weighted by molar-refractivity contribution is 4.89. The van der Waals surface area contributed by atoms with E-state index in [-0.39, 0.29) is 22.3 Å². The van der Waals surface area contributed by atoms with Gasteiger partial charge in [-0.25, -0.2) is 0 Å². The van der Waals surface area contributed by atoms with Crippen molar-refractivity contribution in [2.45, 2.75) is 123 Å². The van der Waals surface area contributed by atoms with Crippen LogP contribution in [0.5, 0.6) is 0 Å². The van der Waals surface area contributed by atoms with Gasteiger partial charge < -0.3 is 4.90 Å². The first-order chi connectivity index (χ1) is 11.8. The lowest BCUT2D eigenvalue weighted by Crippen LogP contribution is -2.48. The van der Waals surface area contributed by atoms with E-state index in [0.717, 1.165) is 35.0 Å². The third kappa shape index (κ3) is 10.7. The highest BCUT2D eigenvalue weighted by atomic mass is 15.2. The summed E-state index contributed by atoms with van der Waals surface area (Å²) in [7, 11) is 0. The van der Waals surface area contributed by atoms with Crippen molar-refractivity contribution in [3.63, 3.8) is 0 Å². The number of nitrogens with zero attached hydrogens (tertiary/aromatic N) is 1. The number of rotatable bonds is 6. The zero-order valence-corrected chi connectivity index (χ0v) is 18.9. The number of hydrogen-bond donors (Lipinski definition) is 0. The molecule has 1 aliphatic heterocycles. The average Bonchev–Trinajstić information content (AvgIpc) is 3.26. The van der Waals surface area contributed by atoms with Gasteiger partial charge in [0, 0.05) is 13.1 Å². The lowest BCUT2D eigenvalue weighted by atomic mass is 9.69. The highest BCUT2D eigenvalue weighted by Crippen LogP contribution is 2.51. The Hall–Kier alpha value is -0.0400. The molecule has 3 rings (SSSR count). The minimum atomic E-state index is 0. The van der Waals surface area contributed by atoms with Gasteiger partial charge in [0.05, 0.1) is 0 Å². The van der Waals surface area contributed by atoms with Crippen LogP contribution < -0.4 is 0 Å². The van der Waals surface area contributed by atoms with E-state index in [9.17, 15) is 0 Å². The molecule has 0 aromatic heterocycles. The van der Waals surface area contributed by atoms with Gasteiger partial charge in [-0.15, -0.1) is 0 Å². The maximum Gasteiger partial charge on any atom is 0.00243 e. The van der Waals surface area contributed by atoms with Crippen LogP contribution in [0.2, 0.25) is 0 Å². The topological polar surface area (TPSA) is 3.24 Å². The summed E-state index contributed by atoms with van der Waals surface area (Å²) in [5, 5.41) is 0. The van der Waals surface area contributed by atoms with Crippen LogP contribution in [0, 0.1) is 35.0 Å². The third-order valence-corrected chi connectivity index (χ3v) is 7.62. The molecule has 1 heterocycles. The average molecular weight is 400 g/mol. The Bertz CT molecular complexity index is 300. The molecule has 0 aromatic carbocycles. The molecule has 0 N–H and O–H groups in total. The number of hydrogen-bond acceptors (Lipinski definition) is 1. The minimum absolute atomic E-state index is 0. The van der Waals surface area contributed by atoms with Gasteiger partial charge in [-0.05, 0) is 67.2 Å². The van der Waals surface area contributed by atoms with Crippen molar-refractivity contribution < 1.29 is 0 Å². The largest absolute Gasteiger partial charge is 0.303 e. The molecule has 1 heteroatoms. The quantitative estimate of drug-likeness (QED) is 0.430. The van der Waals surface area contributed by atoms with Crippen LogP contribution in [0.1, 0.15) is 123 Å². The molecular formula is C27H61N. The summed E-state index contributed by atoms with van der Waals surface area (Å²) in [6, 6.07) is 0. The van der Waals surface area contributed by atoms with E-state index < -0.39 is 0 Å². The van der Waals surface area contributed by atoms with Gasteiger partial charge in [-0.1, -0.05) is 96.9 Å².